The summed E-state index contributed by atoms with van der Waals surface area (Å²) in [6.45, 7) is 0.396. The molecule has 19 heavy (non-hydrogen) atoms. The average Bonchev–Trinajstić information content (AvgIpc) is 2.76. The van der Waals surface area contributed by atoms with Crippen molar-refractivity contribution in [1.29, 1.82) is 0 Å². The van der Waals surface area contributed by atoms with E-state index >= 15 is 0 Å². The van der Waals surface area contributed by atoms with Gasteiger partial charge in [0.2, 0.25) is 0 Å². The van der Waals surface area contributed by atoms with E-state index in [0.29, 0.717) is 17.7 Å². The molecule has 0 amide bonds. The number of hydrogen-bond donors (Lipinski definition) is 2. The molecule has 0 saturated heterocycles. The molecule has 0 aliphatic carbocycles. The highest BCUT2D eigenvalue weighted by atomic mass is 19.1. The van der Waals surface area contributed by atoms with Gasteiger partial charge in [0.15, 0.2) is 5.69 Å². The number of rotatable bonds is 5. The van der Waals surface area contributed by atoms with Crippen LogP contribution in [-0.2, 0) is 13.0 Å². The first kappa shape index (κ1) is 13.2. The van der Waals surface area contributed by atoms with Gasteiger partial charge in [-0.05, 0) is 12.6 Å². The Hall–Kier alpha value is -2.28. The molecule has 0 aliphatic heterocycles. The fraction of sp³-hybridized carbons (Fsp3) is 0.250. The van der Waals surface area contributed by atoms with Crippen LogP contribution < -0.4 is 5.73 Å². The number of nitrogens with zero attached hydrogens (tertiary/aromatic N) is 3. The first-order chi connectivity index (χ1) is 9.13. The molecule has 2 rings (SSSR count). The van der Waals surface area contributed by atoms with E-state index in [2.05, 4.69) is 10.3 Å². The summed E-state index contributed by atoms with van der Waals surface area (Å²) in [6, 6.07) is 6.25. The Bertz CT molecular complexity index is 597. The highest BCUT2D eigenvalue weighted by Gasteiger charge is 2.18. The predicted molar refractivity (Wildman–Crippen MR) is 65.2 cm³/mol. The van der Waals surface area contributed by atoms with Gasteiger partial charge >= 0.3 is 5.97 Å². The fourth-order valence-electron chi connectivity index (χ4n) is 1.80. The maximum atomic E-state index is 13.6. The lowest BCUT2D eigenvalue weighted by molar-refractivity contribution is 0.0689. The number of halogens is 1. The number of carboxylic acid groups (broad SMARTS) is 1. The van der Waals surface area contributed by atoms with E-state index in [1.54, 1.807) is 18.2 Å². The van der Waals surface area contributed by atoms with Gasteiger partial charge in [-0.15, -0.1) is 5.10 Å². The first-order valence-electron chi connectivity index (χ1n) is 5.72. The number of carboxylic acids is 1. The molecule has 7 heteroatoms. The molecule has 1 aromatic carbocycles. The van der Waals surface area contributed by atoms with E-state index in [1.807, 2.05) is 0 Å². The molecule has 6 nitrogen and oxygen atoms in total. The molecule has 0 atom stereocenters. The van der Waals surface area contributed by atoms with Gasteiger partial charge in [0.05, 0.1) is 12.2 Å². The third-order valence-corrected chi connectivity index (χ3v) is 2.70. The van der Waals surface area contributed by atoms with Crippen LogP contribution in [-0.4, -0.2) is 32.6 Å². The standard InChI is InChI=1S/C12H13FN4O2/c13-9-4-2-1-3-8(9)7-17-10(5-6-14)11(12(18)19)15-16-17/h1-4H,5-7,14H2,(H,18,19). The Kier molecular flexibility index (Phi) is 3.86. The van der Waals surface area contributed by atoms with Crippen LogP contribution in [0.5, 0.6) is 0 Å². The van der Waals surface area contributed by atoms with Gasteiger partial charge in [-0.1, -0.05) is 23.4 Å². The maximum absolute atomic E-state index is 13.6. The van der Waals surface area contributed by atoms with Gasteiger partial charge in [-0.25, -0.2) is 13.9 Å². The van der Waals surface area contributed by atoms with E-state index in [4.69, 9.17) is 10.8 Å². The molecule has 0 saturated carbocycles. The monoisotopic (exact) mass is 264 g/mol. The van der Waals surface area contributed by atoms with Crippen molar-refractivity contribution in [2.45, 2.75) is 13.0 Å². The van der Waals surface area contributed by atoms with Crippen molar-refractivity contribution in [2.24, 2.45) is 5.73 Å². The van der Waals surface area contributed by atoms with Crippen LogP contribution in [0.2, 0.25) is 0 Å². The third-order valence-electron chi connectivity index (χ3n) is 2.70. The number of hydrogen-bond acceptors (Lipinski definition) is 4. The van der Waals surface area contributed by atoms with E-state index < -0.39 is 5.97 Å². The molecule has 0 spiro atoms. The summed E-state index contributed by atoms with van der Waals surface area (Å²) in [5.74, 6) is -1.53. The highest BCUT2D eigenvalue weighted by Crippen LogP contribution is 2.12. The molecule has 0 bridgehead atoms. The number of carbonyl (C=O) groups is 1. The van der Waals surface area contributed by atoms with Crippen LogP contribution in [0.25, 0.3) is 0 Å². The van der Waals surface area contributed by atoms with Crippen molar-refractivity contribution in [2.75, 3.05) is 6.54 Å². The highest BCUT2D eigenvalue weighted by molar-refractivity contribution is 5.86. The molecular formula is C12H13FN4O2. The Morgan fingerprint density at radius 1 is 1.42 bits per heavy atom. The third kappa shape index (κ3) is 2.76. The summed E-state index contributed by atoms with van der Waals surface area (Å²) < 4.78 is 14.9. The summed E-state index contributed by atoms with van der Waals surface area (Å²) in [6.07, 6.45) is 0.323. The van der Waals surface area contributed by atoms with Crippen LogP contribution in [0.4, 0.5) is 4.39 Å². The topological polar surface area (TPSA) is 94.0 Å². The van der Waals surface area contributed by atoms with Crippen LogP contribution in [0, 0.1) is 5.82 Å². The summed E-state index contributed by atoms with van der Waals surface area (Å²) in [5, 5.41) is 16.3. The van der Waals surface area contributed by atoms with Crippen molar-refractivity contribution in [3.8, 4) is 0 Å². The Balaban J connectivity index is 2.35. The van der Waals surface area contributed by atoms with Crippen molar-refractivity contribution >= 4 is 5.97 Å². The Labute approximate surface area is 108 Å². The van der Waals surface area contributed by atoms with E-state index in [-0.39, 0.29) is 24.6 Å². The zero-order valence-corrected chi connectivity index (χ0v) is 10.1. The molecule has 3 N–H and O–H groups in total. The Morgan fingerprint density at radius 2 is 2.16 bits per heavy atom. The van der Waals surface area contributed by atoms with Crippen molar-refractivity contribution in [3.63, 3.8) is 0 Å². The van der Waals surface area contributed by atoms with Crippen molar-refractivity contribution in [3.05, 3.63) is 47.0 Å². The fourth-order valence-corrected chi connectivity index (χ4v) is 1.80. The van der Waals surface area contributed by atoms with Gasteiger partial charge in [0.25, 0.3) is 0 Å². The number of aromatic carboxylic acids is 1. The van der Waals surface area contributed by atoms with Crippen LogP contribution in [0.1, 0.15) is 21.7 Å². The van der Waals surface area contributed by atoms with E-state index in [1.165, 1.54) is 10.7 Å². The quantitative estimate of drug-likeness (QED) is 0.827. The normalized spacial score (nSPS) is 10.6. The minimum Gasteiger partial charge on any atom is -0.476 e. The molecule has 0 radical (unpaired) electrons. The molecule has 1 heterocycles. The van der Waals surface area contributed by atoms with Crippen molar-refractivity contribution in [1.82, 2.24) is 15.0 Å². The zero-order chi connectivity index (χ0) is 13.8. The average molecular weight is 264 g/mol. The summed E-state index contributed by atoms with van der Waals surface area (Å²) in [5.41, 5.74) is 6.13. The Morgan fingerprint density at radius 3 is 2.79 bits per heavy atom. The largest absolute Gasteiger partial charge is 0.476 e. The molecule has 0 unspecified atom stereocenters. The van der Waals surface area contributed by atoms with Crippen LogP contribution in [0.15, 0.2) is 24.3 Å². The lowest BCUT2D eigenvalue weighted by atomic mass is 10.2. The lowest BCUT2D eigenvalue weighted by Gasteiger charge is -2.07. The summed E-state index contributed by atoms with van der Waals surface area (Å²) >= 11 is 0. The molecule has 2 aromatic rings. The summed E-state index contributed by atoms with van der Waals surface area (Å²) in [7, 11) is 0. The van der Waals surface area contributed by atoms with E-state index in [9.17, 15) is 9.18 Å². The molecule has 0 fully saturated rings. The lowest BCUT2D eigenvalue weighted by Crippen LogP contribution is -2.14. The van der Waals surface area contributed by atoms with Gasteiger partial charge in [-0.3, -0.25) is 0 Å². The molecular weight excluding hydrogens is 251 g/mol. The zero-order valence-electron chi connectivity index (χ0n) is 10.1. The SMILES string of the molecule is NCCc1c(C(=O)O)nnn1Cc1ccccc1F. The molecule has 1 aromatic heterocycles. The smallest absolute Gasteiger partial charge is 0.358 e. The minimum atomic E-state index is -1.16. The molecule has 0 aliphatic rings. The van der Waals surface area contributed by atoms with Gasteiger partial charge in [0, 0.05) is 12.0 Å². The van der Waals surface area contributed by atoms with Crippen LogP contribution in [0.3, 0.4) is 0 Å². The number of aromatic nitrogens is 3. The minimum absolute atomic E-state index is 0.127. The maximum Gasteiger partial charge on any atom is 0.358 e. The number of nitrogens with two attached hydrogens (primary N) is 1. The molecule has 100 valence electrons. The van der Waals surface area contributed by atoms with Crippen molar-refractivity contribution < 1.29 is 14.3 Å². The predicted octanol–water partition coefficient (Wildman–Crippen LogP) is 0.665. The van der Waals surface area contributed by atoms with Gasteiger partial charge in [-0.2, -0.15) is 0 Å². The second kappa shape index (κ2) is 5.57. The van der Waals surface area contributed by atoms with Crippen LogP contribution >= 0.6 is 0 Å². The second-order valence-corrected chi connectivity index (χ2v) is 3.98. The van der Waals surface area contributed by atoms with E-state index in [0.717, 1.165) is 0 Å². The first-order valence-corrected chi connectivity index (χ1v) is 5.72. The summed E-state index contributed by atoms with van der Waals surface area (Å²) in [4.78, 5) is 11.0. The van der Waals surface area contributed by atoms with Gasteiger partial charge < -0.3 is 10.8 Å². The second-order valence-electron chi connectivity index (χ2n) is 3.98. The van der Waals surface area contributed by atoms with Gasteiger partial charge in [0.1, 0.15) is 5.82 Å². The number of benzene rings is 1.